The van der Waals surface area contributed by atoms with Crippen LogP contribution < -0.4 is 11.1 Å². The summed E-state index contributed by atoms with van der Waals surface area (Å²) >= 11 is 0. The van der Waals surface area contributed by atoms with Crippen molar-refractivity contribution in [2.75, 3.05) is 18.8 Å². The second kappa shape index (κ2) is 3.33. The van der Waals surface area contributed by atoms with Gasteiger partial charge in [0.1, 0.15) is 5.82 Å². The van der Waals surface area contributed by atoms with Crippen LogP contribution >= 0.6 is 0 Å². The second-order valence-corrected chi connectivity index (χ2v) is 3.50. The number of rotatable bonds is 1. The molecule has 1 aromatic rings. The van der Waals surface area contributed by atoms with E-state index in [4.69, 9.17) is 5.73 Å². The summed E-state index contributed by atoms with van der Waals surface area (Å²) in [5, 5.41) is 7.39. The molecule has 1 aliphatic rings. The van der Waals surface area contributed by atoms with Gasteiger partial charge >= 0.3 is 0 Å². The minimum absolute atomic E-state index is 0.378. The quantitative estimate of drug-likeness (QED) is 0.633. The van der Waals surface area contributed by atoms with E-state index in [1.165, 1.54) is 12.8 Å². The summed E-state index contributed by atoms with van der Waals surface area (Å²) in [7, 11) is 1.90. The maximum absolute atomic E-state index is 5.52. The topological polar surface area (TPSA) is 68.8 Å². The zero-order chi connectivity index (χ0) is 9.26. The molecule has 0 saturated carbocycles. The van der Waals surface area contributed by atoms with Gasteiger partial charge in [-0.3, -0.25) is 4.68 Å². The van der Waals surface area contributed by atoms with Crippen LogP contribution in [0.1, 0.15) is 24.6 Å². The first kappa shape index (κ1) is 8.50. The molecule has 0 amide bonds. The predicted molar refractivity (Wildman–Crippen MR) is 50.3 cm³/mol. The molecule has 1 fully saturated rings. The Bertz CT molecular complexity index is 287. The SMILES string of the molecule is Cn1nc(N)nc1C1CCCNC1. The van der Waals surface area contributed by atoms with Crippen LogP contribution in [0.25, 0.3) is 0 Å². The van der Waals surface area contributed by atoms with E-state index >= 15 is 0 Å². The summed E-state index contributed by atoms with van der Waals surface area (Å²) in [6, 6.07) is 0. The van der Waals surface area contributed by atoms with Crippen molar-refractivity contribution in [3.63, 3.8) is 0 Å². The van der Waals surface area contributed by atoms with E-state index in [0.717, 1.165) is 18.9 Å². The number of hydrogen-bond donors (Lipinski definition) is 2. The molecule has 0 radical (unpaired) electrons. The summed E-state index contributed by atoms with van der Waals surface area (Å²) in [6.45, 7) is 2.11. The Morgan fingerprint density at radius 1 is 1.62 bits per heavy atom. The van der Waals surface area contributed by atoms with Crippen molar-refractivity contribution in [2.45, 2.75) is 18.8 Å². The molecule has 1 unspecified atom stereocenters. The number of aryl methyl sites for hydroxylation is 1. The summed E-state index contributed by atoms with van der Waals surface area (Å²) < 4.78 is 1.78. The standard InChI is InChI=1S/C8H15N5/c1-13-7(11-8(9)12-13)6-3-2-4-10-5-6/h6,10H,2-5H2,1H3,(H2,9,12). The first-order valence-corrected chi connectivity index (χ1v) is 4.64. The number of nitrogens with two attached hydrogens (primary N) is 1. The third-order valence-corrected chi connectivity index (χ3v) is 2.48. The average molecular weight is 181 g/mol. The van der Waals surface area contributed by atoms with Gasteiger partial charge in [0.15, 0.2) is 0 Å². The van der Waals surface area contributed by atoms with Crippen LogP contribution in [-0.4, -0.2) is 27.9 Å². The van der Waals surface area contributed by atoms with Gasteiger partial charge in [-0.15, -0.1) is 5.10 Å². The maximum Gasteiger partial charge on any atom is 0.239 e. The monoisotopic (exact) mass is 181 g/mol. The highest BCUT2D eigenvalue weighted by atomic mass is 15.4. The van der Waals surface area contributed by atoms with E-state index in [-0.39, 0.29) is 0 Å². The fourth-order valence-corrected chi connectivity index (χ4v) is 1.84. The van der Waals surface area contributed by atoms with Crippen LogP contribution in [0, 0.1) is 0 Å². The summed E-state index contributed by atoms with van der Waals surface area (Å²) in [6.07, 6.45) is 2.39. The van der Waals surface area contributed by atoms with E-state index in [9.17, 15) is 0 Å². The van der Waals surface area contributed by atoms with E-state index in [1.54, 1.807) is 4.68 Å². The molecule has 0 spiro atoms. The molecule has 1 aliphatic heterocycles. The lowest BCUT2D eigenvalue weighted by atomic mass is 9.99. The van der Waals surface area contributed by atoms with E-state index < -0.39 is 0 Å². The highest BCUT2D eigenvalue weighted by Gasteiger charge is 2.20. The molecule has 5 heteroatoms. The molecule has 2 rings (SSSR count). The molecule has 1 saturated heterocycles. The van der Waals surface area contributed by atoms with Crippen LogP contribution in [0.15, 0.2) is 0 Å². The van der Waals surface area contributed by atoms with Gasteiger partial charge in [-0.2, -0.15) is 4.98 Å². The molecular formula is C8H15N5. The third kappa shape index (κ3) is 1.65. The first-order chi connectivity index (χ1) is 6.27. The van der Waals surface area contributed by atoms with Crippen LogP contribution in [0.4, 0.5) is 5.95 Å². The van der Waals surface area contributed by atoms with Crippen molar-refractivity contribution in [3.05, 3.63) is 5.82 Å². The van der Waals surface area contributed by atoms with E-state index in [2.05, 4.69) is 15.4 Å². The van der Waals surface area contributed by atoms with Crippen molar-refractivity contribution >= 4 is 5.95 Å². The Kier molecular flexibility index (Phi) is 2.18. The maximum atomic E-state index is 5.52. The molecule has 0 aromatic carbocycles. The molecule has 0 aliphatic carbocycles. The van der Waals surface area contributed by atoms with Gasteiger partial charge in [-0.05, 0) is 19.4 Å². The molecular weight excluding hydrogens is 166 g/mol. The number of nitrogen functional groups attached to an aromatic ring is 1. The van der Waals surface area contributed by atoms with Gasteiger partial charge in [-0.1, -0.05) is 0 Å². The zero-order valence-electron chi connectivity index (χ0n) is 7.82. The number of hydrogen-bond acceptors (Lipinski definition) is 4. The highest BCUT2D eigenvalue weighted by molar-refractivity contribution is 5.16. The van der Waals surface area contributed by atoms with Crippen LogP contribution in [0.2, 0.25) is 0 Å². The molecule has 72 valence electrons. The Morgan fingerprint density at radius 2 is 2.46 bits per heavy atom. The van der Waals surface area contributed by atoms with Gasteiger partial charge in [-0.25, -0.2) is 0 Å². The van der Waals surface area contributed by atoms with Crippen LogP contribution in [-0.2, 0) is 7.05 Å². The minimum Gasteiger partial charge on any atom is -0.366 e. The van der Waals surface area contributed by atoms with Crippen LogP contribution in [0.5, 0.6) is 0 Å². The van der Waals surface area contributed by atoms with Gasteiger partial charge in [0.2, 0.25) is 5.95 Å². The lowest BCUT2D eigenvalue weighted by Crippen LogP contribution is -2.29. The number of nitrogens with zero attached hydrogens (tertiary/aromatic N) is 3. The lowest BCUT2D eigenvalue weighted by molar-refractivity contribution is 0.434. The largest absolute Gasteiger partial charge is 0.366 e. The number of aromatic nitrogens is 3. The summed E-state index contributed by atoms with van der Waals surface area (Å²) in [5.74, 6) is 1.86. The Morgan fingerprint density at radius 3 is 3.00 bits per heavy atom. The smallest absolute Gasteiger partial charge is 0.239 e. The Labute approximate surface area is 77.3 Å². The van der Waals surface area contributed by atoms with Gasteiger partial charge in [0, 0.05) is 19.5 Å². The molecule has 3 N–H and O–H groups in total. The molecule has 2 heterocycles. The lowest BCUT2D eigenvalue weighted by Gasteiger charge is -2.21. The number of anilines is 1. The van der Waals surface area contributed by atoms with Crippen molar-refractivity contribution in [3.8, 4) is 0 Å². The molecule has 5 nitrogen and oxygen atoms in total. The number of nitrogens with one attached hydrogen (secondary N) is 1. The fourth-order valence-electron chi connectivity index (χ4n) is 1.84. The van der Waals surface area contributed by atoms with Gasteiger partial charge in [0.25, 0.3) is 0 Å². The third-order valence-electron chi connectivity index (χ3n) is 2.48. The zero-order valence-corrected chi connectivity index (χ0v) is 7.82. The molecule has 1 atom stereocenters. The summed E-state index contributed by atoms with van der Waals surface area (Å²) in [4.78, 5) is 4.22. The van der Waals surface area contributed by atoms with Crippen LogP contribution in [0.3, 0.4) is 0 Å². The van der Waals surface area contributed by atoms with Crippen molar-refractivity contribution in [2.24, 2.45) is 7.05 Å². The highest BCUT2D eigenvalue weighted by Crippen LogP contribution is 2.21. The van der Waals surface area contributed by atoms with Gasteiger partial charge < -0.3 is 11.1 Å². The molecule has 1 aromatic heterocycles. The first-order valence-electron chi connectivity index (χ1n) is 4.64. The Balaban J connectivity index is 2.18. The van der Waals surface area contributed by atoms with E-state index in [0.29, 0.717) is 11.9 Å². The minimum atomic E-state index is 0.378. The fraction of sp³-hybridized carbons (Fsp3) is 0.750. The predicted octanol–water partition coefficient (Wildman–Crippen LogP) is -0.136. The van der Waals surface area contributed by atoms with Crippen molar-refractivity contribution in [1.29, 1.82) is 0 Å². The molecule has 13 heavy (non-hydrogen) atoms. The van der Waals surface area contributed by atoms with Crippen molar-refractivity contribution < 1.29 is 0 Å². The second-order valence-electron chi connectivity index (χ2n) is 3.50. The number of piperidine rings is 1. The average Bonchev–Trinajstić information content (AvgIpc) is 2.47. The Hall–Kier alpha value is -1.10. The normalized spacial score (nSPS) is 23.3. The van der Waals surface area contributed by atoms with Crippen molar-refractivity contribution in [1.82, 2.24) is 20.1 Å². The van der Waals surface area contributed by atoms with E-state index in [1.807, 2.05) is 7.05 Å². The van der Waals surface area contributed by atoms with Gasteiger partial charge in [0.05, 0.1) is 0 Å². The molecule has 0 bridgehead atoms. The summed E-state index contributed by atoms with van der Waals surface area (Å²) in [5.41, 5.74) is 5.52.